The summed E-state index contributed by atoms with van der Waals surface area (Å²) < 4.78 is 0. The molecule has 0 radical (unpaired) electrons. The van der Waals surface area contributed by atoms with Gasteiger partial charge in [0.25, 0.3) is 5.91 Å². The second-order valence-electron chi connectivity index (χ2n) is 7.59. The molecule has 0 spiro atoms. The molecule has 2 N–H and O–H groups in total. The van der Waals surface area contributed by atoms with Crippen molar-refractivity contribution in [1.82, 2.24) is 19.8 Å². The van der Waals surface area contributed by atoms with Crippen molar-refractivity contribution in [3.05, 3.63) is 41.7 Å². The summed E-state index contributed by atoms with van der Waals surface area (Å²) in [6, 6.07) is 8.41. The van der Waals surface area contributed by atoms with Crippen LogP contribution in [0.25, 0.3) is 11.3 Å². The minimum absolute atomic E-state index is 0.0301. The molecule has 1 aromatic heterocycles. The van der Waals surface area contributed by atoms with E-state index < -0.39 is 6.04 Å². The molecule has 29 heavy (non-hydrogen) atoms. The number of aromatic nitrogens is 2. The molecule has 8 heteroatoms. The largest absolute Gasteiger partial charge is 0.381 e. The van der Waals surface area contributed by atoms with Crippen LogP contribution in [0.5, 0.6) is 0 Å². The Morgan fingerprint density at radius 2 is 2.14 bits per heavy atom. The third-order valence-electron chi connectivity index (χ3n) is 4.98. The summed E-state index contributed by atoms with van der Waals surface area (Å²) in [5, 5.41) is 9.12. The molecule has 2 aromatic rings. The average Bonchev–Trinajstić information content (AvgIpc) is 2.71. The summed E-state index contributed by atoms with van der Waals surface area (Å²) in [5.41, 5.74) is 7.26. The third-order valence-corrected chi connectivity index (χ3v) is 4.98. The van der Waals surface area contributed by atoms with E-state index in [1.165, 1.54) is 6.20 Å². The monoisotopic (exact) mass is 392 g/mol. The molecule has 2 heterocycles. The Morgan fingerprint density at radius 1 is 1.38 bits per heavy atom. The minimum atomic E-state index is -0.466. The molecular formula is C21H24N6O2. The normalized spacial score (nSPS) is 16.8. The summed E-state index contributed by atoms with van der Waals surface area (Å²) in [6.07, 6.45) is 2.09. The van der Waals surface area contributed by atoms with Gasteiger partial charge in [-0.25, -0.2) is 9.97 Å². The maximum atomic E-state index is 13.3. The highest BCUT2D eigenvalue weighted by atomic mass is 16.2. The van der Waals surface area contributed by atoms with Gasteiger partial charge >= 0.3 is 0 Å². The highest BCUT2D eigenvalue weighted by Crippen LogP contribution is 2.24. The van der Waals surface area contributed by atoms with Crippen molar-refractivity contribution in [3.63, 3.8) is 0 Å². The van der Waals surface area contributed by atoms with E-state index in [4.69, 9.17) is 11.0 Å². The number of amides is 2. The van der Waals surface area contributed by atoms with Gasteiger partial charge in [-0.1, -0.05) is 26.0 Å². The molecule has 1 unspecified atom stereocenters. The number of carbonyl (C=O) groups is 2. The molecule has 1 aliphatic heterocycles. The van der Waals surface area contributed by atoms with Crippen molar-refractivity contribution in [1.29, 1.82) is 5.26 Å². The first-order valence-electron chi connectivity index (χ1n) is 9.50. The maximum Gasteiger partial charge on any atom is 0.254 e. The quantitative estimate of drug-likeness (QED) is 0.850. The van der Waals surface area contributed by atoms with Crippen LogP contribution < -0.4 is 5.73 Å². The predicted molar refractivity (Wildman–Crippen MR) is 109 cm³/mol. The van der Waals surface area contributed by atoms with Gasteiger partial charge in [-0.2, -0.15) is 5.26 Å². The van der Waals surface area contributed by atoms with Gasteiger partial charge in [-0.05, 0) is 24.5 Å². The molecular weight excluding hydrogens is 368 g/mol. The van der Waals surface area contributed by atoms with Crippen LogP contribution in [0.1, 0.15) is 36.3 Å². The Labute approximate surface area is 170 Å². The fourth-order valence-electron chi connectivity index (χ4n) is 3.43. The Kier molecular flexibility index (Phi) is 5.78. The van der Waals surface area contributed by atoms with E-state index in [2.05, 4.69) is 9.97 Å². The van der Waals surface area contributed by atoms with Gasteiger partial charge in [0.1, 0.15) is 12.1 Å². The van der Waals surface area contributed by atoms with Crippen molar-refractivity contribution in [3.8, 4) is 17.3 Å². The van der Waals surface area contributed by atoms with Gasteiger partial charge < -0.3 is 15.5 Å². The molecule has 3 rings (SSSR count). The number of hydrogen-bond donors (Lipinski definition) is 1. The fraction of sp³-hybridized carbons (Fsp3) is 0.381. The number of anilines is 1. The lowest BCUT2D eigenvalue weighted by Crippen LogP contribution is -2.57. The van der Waals surface area contributed by atoms with Crippen LogP contribution in [0.2, 0.25) is 0 Å². The van der Waals surface area contributed by atoms with E-state index in [9.17, 15) is 9.59 Å². The minimum Gasteiger partial charge on any atom is -0.381 e. The Balaban J connectivity index is 1.92. The van der Waals surface area contributed by atoms with Crippen LogP contribution >= 0.6 is 0 Å². The zero-order valence-corrected chi connectivity index (χ0v) is 16.8. The van der Waals surface area contributed by atoms with Crippen molar-refractivity contribution < 1.29 is 9.59 Å². The number of piperazine rings is 1. The number of likely N-dealkylation sites (N-methyl/N-ethyl adjacent to an activating group) is 1. The third kappa shape index (κ3) is 4.19. The Hall–Kier alpha value is -3.47. The molecule has 2 amide bonds. The number of rotatable bonds is 4. The SMILES string of the molecule is CC(C)CC1C(=O)N(C)CCN1C(=O)c1cccc(-c2cnc(N)c(C#N)n2)c1. The van der Waals surface area contributed by atoms with Crippen molar-refractivity contribution in [2.45, 2.75) is 26.3 Å². The van der Waals surface area contributed by atoms with E-state index >= 15 is 0 Å². The number of nitrogens with zero attached hydrogens (tertiary/aromatic N) is 5. The van der Waals surface area contributed by atoms with Crippen molar-refractivity contribution >= 4 is 17.6 Å². The van der Waals surface area contributed by atoms with Crippen LogP contribution in [0.3, 0.4) is 0 Å². The average molecular weight is 392 g/mol. The van der Waals surface area contributed by atoms with Crippen LogP contribution in [0, 0.1) is 17.2 Å². The zero-order valence-electron chi connectivity index (χ0n) is 16.8. The summed E-state index contributed by atoms with van der Waals surface area (Å²) >= 11 is 0. The Bertz CT molecular complexity index is 981. The second kappa shape index (κ2) is 8.27. The first-order valence-corrected chi connectivity index (χ1v) is 9.50. The number of nitrogen functional groups attached to an aromatic ring is 1. The smallest absolute Gasteiger partial charge is 0.254 e. The number of nitrogens with two attached hydrogens (primary N) is 1. The molecule has 1 aromatic carbocycles. The van der Waals surface area contributed by atoms with Crippen LogP contribution in [0.4, 0.5) is 5.82 Å². The molecule has 150 valence electrons. The lowest BCUT2D eigenvalue weighted by atomic mass is 9.98. The topological polar surface area (TPSA) is 116 Å². The number of hydrogen-bond acceptors (Lipinski definition) is 6. The van der Waals surface area contributed by atoms with Crippen LogP contribution in [-0.4, -0.2) is 57.8 Å². The standard InChI is InChI=1S/C21H24N6O2/c1-13(2)9-18-21(29)26(3)7-8-27(18)20(28)15-6-4-5-14(10-15)17-12-24-19(23)16(11-22)25-17/h4-6,10,12-13,18H,7-9H2,1-3H3,(H2,23,24). The maximum absolute atomic E-state index is 13.3. The predicted octanol–water partition coefficient (Wildman–Crippen LogP) is 1.93. The van der Waals surface area contributed by atoms with Crippen LogP contribution in [-0.2, 0) is 4.79 Å². The van der Waals surface area contributed by atoms with Crippen molar-refractivity contribution in [2.24, 2.45) is 5.92 Å². The molecule has 1 fully saturated rings. The molecule has 1 atom stereocenters. The zero-order chi connectivity index (χ0) is 21.1. The van der Waals surface area contributed by atoms with Gasteiger partial charge in [0.2, 0.25) is 5.91 Å². The van der Waals surface area contributed by atoms with E-state index in [0.717, 1.165) is 0 Å². The number of carbonyl (C=O) groups excluding carboxylic acids is 2. The molecule has 0 aliphatic carbocycles. The first-order chi connectivity index (χ1) is 13.8. The fourth-order valence-corrected chi connectivity index (χ4v) is 3.43. The van der Waals surface area contributed by atoms with Gasteiger partial charge in [0.15, 0.2) is 11.5 Å². The summed E-state index contributed by atoms with van der Waals surface area (Å²) in [4.78, 5) is 37.5. The Morgan fingerprint density at radius 3 is 2.83 bits per heavy atom. The highest BCUT2D eigenvalue weighted by molar-refractivity contribution is 5.99. The lowest BCUT2D eigenvalue weighted by molar-refractivity contribution is -0.139. The van der Waals surface area contributed by atoms with Gasteiger partial charge in [0.05, 0.1) is 11.9 Å². The van der Waals surface area contributed by atoms with Crippen LogP contribution in [0.15, 0.2) is 30.5 Å². The second-order valence-corrected chi connectivity index (χ2v) is 7.59. The van der Waals surface area contributed by atoms with E-state index in [1.54, 1.807) is 41.1 Å². The van der Waals surface area contributed by atoms with Crippen molar-refractivity contribution in [2.75, 3.05) is 25.9 Å². The van der Waals surface area contributed by atoms with E-state index in [1.807, 2.05) is 19.9 Å². The number of benzene rings is 1. The molecule has 1 aliphatic rings. The molecule has 0 bridgehead atoms. The summed E-state index contributed by atoms with van der Waals surface area (Å²) in [5.74, 6) is 0.128. The van der Waals surface area contributed by atoms with E-state index in [0.29, 0.717) is 36.3 Å². The summed E-state index contributed by atoms with van der Waals surface area (Å²) in [6.45, 7) is 5.08. The molecule has 8 nitrogen and oxygen atoms in total. The van der Waals surface area contributed by atoms with E-state index in [-0.39, 0.29) is 29.2 Å². The lowest BCUT2D eigenvalue weighted by Gasteiger charge is -2.40. The van der Waals surface area contributed by atoms with Gasteiger partial charge in [-0.15, -0.1) is 0 Å². The highest BCUT2D eigenvalue weighted by Gasteiger charge is 2.36. The first kappa shape index (κ1) is 20.3. The van der Waals surface area contributed by atoms with Gasteiger partial charge in [0, 0.05) is 31.3 Å². The number of nitriles is 1. The molecule has 1 saturated heterocycles. The van der Waals surface area contributed by atoms with Gasteiger partial charge in [-0.3, -0.25) is 9.59 Å². The molecule has 0 saturated carbocycles. The summed E-state index contributed by atoms with van der Waals surface area (Å²) in [7, 11) is 1.77.